The van der Waals surface area contributed by atoms with Crippen molar-refractivity contribution in [1.29, 1.82) is 0 Å². The quantitative estimate of drug-likeness (QED) is 0.596. The molecule has 0 unspecified atom stereocenters. The van der Waals surface area contributed by atoms with Gasteiger partial charge in [-0.25, -0.2) is 4.98 Å². The van der Waals surface area contributed by atoms with E-state index >= 15 is 0 Å². The summed E-state index contributed by atoms with van der Waals surface area (Å²) in [6, 6.07) is 7.74. The number of piperazine rings is 1. The Morgan fingerprint density at radius 3 is 2.43 bits per heavy atom. The van der Waals surface area contributed by atoms with Gasteiger partial charge >= 0.3 is 0 Å². The molecule has 1 fully saturated rings. The first-order chi connectivity index (χ1) is 13.7. The zero-order valence-electron chi connectivity index (χ0n) is 16.4. The zero-order chi connectivity index (χ0) is 19.8. The van der Waals surface area contributed by atoms with Crippen molar-refractivity contribution in [2.75, 3.05) is 66.8 Å². The Hall–Kier alpha value is -2.00. The molecule has 2 heterocycles. The molecule has 3 rings (SSSR count). The van der Waals surface area contributed by atoms with Gasteiger partial charge in [-0.15, -0.1) is 11.3 Å². The van der Waals surface area contributed by atoms with E-state index in [1.165, 1.54) is 11.3 Å². The topological polar surface area (TPSA) is 64.1 Å². The van der Waals surface area contributed by atoms with Crippen LogP contribution in [0.2, 0.25) is 0 Å². The van der Waals surface area contributed by atoms with Crippen molar-refractivity contribution >= 4 is 17.2 Å². The van der Waals surface area contributed by atoms with Gasteiger partial charge in [-0.2, -0.15) is 0 Å². The highest BCUT2D eigenvalue weighted by molar-refractivity contribution is 7.13. The number of carbonyl (C=O) groups excluding carboxylic acids is 1. The van der Waals surface area contributed by atoms with E-state index in [9.17, 15) is 4.79 Å². The second-order valence-electron chi connectivity index (χ2n) is 6.53. The number of amides is 1. The third-order valence-corrected chi connectivity index (χ3v) is 5.54. The van der Waals surface area contributed by atoms with Crippen LogP contribution in [0.1, 0.15) is 10.5 Å². The minimum absolute atomic E-state index is 0.00779. The number of rotatable bonds is 9. The molecule has 1 aromatic carbocycles. The molecular formula is C20H27N3O4S. The van der Waals surface area contributed by atoms with E-state index in [1.54, 1.807) is 14.2 Å². The summed E-state index contributed by atoms with van der Waals surface area (Å²) >= 11 is 1.49. The van der Waals surface area contributed by atoms with Gasteiger partial charge in [0.2, 0.25) is 0 Å². The normalized spacial score (nSPS) is 15.0. The number of nitrogens with zero attached hydrogens (tertiary/aromatic N) is 3. The number of thiazole rings is 1. The van der Waals surface area contributed by atoms with Crippen molar-refractivity contribution in [2.45, 2.75) is 0 Å². The van der Waals surface area contributed by atoms with Crippen LogP contribution in [0.3, 0.4) is 0 Å². The van der Waals surface area contributed by atoms with E-state index in [0.29, 0.717) is 18.9 Å². The van der Waals surface area contributed by atoms with Gasteiger partial charge in [0.15, 0.2) is 0 Å². The van der Waals surface area contributed by atoms with Gasteiger partial charge in [-0.1, -0.05) is 0 Å². The highest BCUT2D eigenvalue weighted by atomic mass is 32.1. The molecule has 7 nitrogen and oxygen atoms in total. The maximum absolute atomic E-state index is 12.8. The molecule has 1 saturated heterocycles. The second kappa shape index (κ2) is 10.5. The average molecular weight is 406 g/mol. The molecule has 1 aromatic heterocycles. The van der Waals surface area contributed by atoms with Crippen molar-refractivity contribution in [3.8, 4) is 16.3 Å². The van der Waals surface area contributed by atoms with Crippen LogP contribution in [0.15, 0.2) is 29.6 Å². The van der Waals surface area contributed by atoms with Gasteiger partial charge in [0, 0.05) is 57.9 Å². The second-order valence-corrected chi connectivity index (χ2v) is 7.39. The minimum atomic E-state index is 0.00779. The minimum Gasteiger partial charge on any atom is -0.491 e. The summed E-state index contributed by atoms with van der Waals surface area (Å²) in [6.07, 6.45) is 0. The number of methoxy groups -OCH3 is 2. The molecule has 0 radical (unpaired) electrons. The molecule has 8 heteroatoms. The SMILES string of the molecule is COCCOc1ccc(-c2nc(C(=O)N3CCN(CCOC)CC3)cs2)cc1. The Labute approximate surface area is 169 Å². The predicted octanol–water partition coefficient (Wildman–Crippen LogP) is 2.24. The van der Waals surface area contributed by atoms with Gasteiger partial charge in [0.25, 0.3) is 5.91 Å². The van der Waals surface area contributed by atoms with Crippen LogP contribution in [0.25, 0.3) is 10.6 Å². The van der Waals surface area contributed by atoms with Crippen LogP contribution >= 0.6 is 11.3 Å². The summed E-state index contributed by atoms with van der Waals surface area (Å²) in [7, 11) is 3.36. The lowest BCUT2D eigenvalue weighted by Gasteiger charge is -2.34. The predicted molar refractivity (Wildman–Crippen MR) is 109 cm³/mol. The molecule has 0 saturated carbocycles. The van der Waals surface area contributed by atoms with Gasteiger partial charge in [-0.05, 0) is 24.3 Å². The van der Waals surface area contributed by atoms with E-state index in [2.05, 4.69) is 9.88 Å². The Morgan fingerprint density at radius 1 is 1.04 bits per heavy atom. The number of ether oxygens (including phenoxy) is 3. The van der Waals surface area contributed by atoms with Crippen molar-refractivity contribution in [3.05, 3.63) is 35.3 Å². The third kappa shape index (κ3) is 5.51. The van der Waals surface area contributed by atoms with E-state index in [1.807, 2.05) is 34.5 Å². The smallest absolute Gasteiger partial charge is 0.273 e. The lowest BCUT2D eigenvalue weighted by atomic mass is 10.2. The molecular weight excluding hydrogens is 378 g/mol. The largest absolute Gasteiger partial charge is 0.491 e. The lowest BCUT2D eigenvalue weighted by Crippen LogP contribution is -2.49. The Morgan fingerprint density at radius 2 is 1.75 bits per heavy atom. The van der Waals surface area contributed by atoms with Crippen LogP contribution in [0.5, 0.6) is 5.75 Å². The summed E-state index contributed by atoms with van der Waals surface area (Å²) < 4.78 is 15.7. The Kier molecular flexibility index (Phi) is 7.79. The van der Waals surface area contributed by atoms with E-state index in [4.69, 9.17) is 14.2 Å². The van der Waals surface area contributed by atoms with E-state index in [-0.39, 0.29) is 5.91 Å². The molecule has 0 spiro atoms. The zero-order valence-corrected chi connectivity index (χ0v) is 17.2. The van der Waals surface area contributed by atoms with Gasteiger partial charge < -0.3 is 19.1 Å². The molecule has 1 amide bonds. The first-order valence-corrected chi connectivity index (χ1v) is 10.3. The molecule has 1 aliphatic rings. The van der Waals surface area contributed by atoms with Crippen LogP contribution in [-0.2, 0) is 9.47 Å². The van der Waals surface area contributed by atoms with Crippen molar-refractivity contribution in [2.24, 2.45) is 0 Å². The average Bonchev–Trinajstić information content (AvgIpc) is 3.23. The summed E-state index contributed by atoms with van der Waals surface area (Å²) in [5, 5.41) is 2.68. The van der Waals surface area contributed by atoms with Gasteiger partial charge in [0.05, 0.1) is 13.2 Å². The standard InChI is InChI=1S/C20H27N3O4S/c1-25-12-11-22-7-9-23(10-8-22)20(24)18-15-28-19(21-18)16-3-5-17(6-4-16)27-14-13-26-2/h3-6,15H,7-14H2,1-2H3. The van der Waals surface area contributed by atoms with Crippen LogP contribution < -0.4 is 4.74 Å². The highest BCUT2D eigenvalue weighted by Gasteiger charge is 2.23. The maximum atomic E-state index is 12.8. The summed E-state index contributed by atoms with van der Waals surface area (Å²) in [4.78, 5) is 21.5. The van der Waals surface area contributed by atoms with Crippen LogP contribution in [0.4, 0.5) is 0 Å². The van der Waals surface area contributed by atoms with Crippen molar-refractivity contribution in [3.63, 3.8) is 0 Å². The van der Waals surface area contributed by atoms with Gasteiger partial charge in [-0.3, -0.25) is 9.69 Å². The fourth-order valence-electron chi connectivity index (χ4n) is 3.00. The summed E-state index contributed by atoms with van der Waals surface area (Å²) in [6.45, 7) is 5.90. The number of hydrogen-bond acceptors (Lipinski definition) is 7. The summed E-state index contributed by atoms with van der Waals surface area (Å²) in [5.41, 5.74) is 1.50. The fourth-order valence-corrected chi connectivity index (χ4v) is 3.80. The molecule has 0 N–H and O–H groups in total. The van der Waals surface area contributed by atoms with Crippen LogP contribution in [-0.4, -0.2) is 87.5 Å². The summed E-state index contributed by atoms with van der Waals surface area (Å²) in [5.74, 6) is 0.799. The third-order valence-electron chi connectivity index (χ3n) is 4.65. The Balaban J connectivity index is 1.55. The maximum Gasteiger partial charge on any atom is 0.273 e. The molecule has 0 bridgehead atoms. The lowest BCUT2D eigenvalue weighted by molar-refractivity contribution is 0.0589. The van der Waals surface area contributed by atoms with E-state index in [0.717, 1.165) is 55.7 Å². The Bertz CT molecular complexity index is 742. The number of hydrogen-bond donors (Lipinski definition) is 0. The first kappa shape index (κ1) is 20.7. The molecule has 28 heavy (non-hydrogen) atoms. The monoisotopic (exact) mass is 405 g/mol. The van der Waals surface area contributed by atoms with Gasteiger partial charge in [0.1, 0.15) is 23.1 Å². The van der Waals surface area contributed by atoms with Crippen molar-refractivity contribution < 1.29 is 19.0 Å². The molecule has 0 atom stereocenters. The molecule has 1 aliphatic heterocycles. The molecule has 0 aliphatic carbocycles. The number of aromatic nitrogens is 1. The number of benzene rings is 1. The fraction of sp³-hybridized carbons (Fsp3) is 0.500. The first-order valence-electron chi connectivity index (χ1n) is 9.39. The van der Waals surface area contributed by atoms with Crippen LogP contribution in [0, 0.1) is 0 Å². The molecule has 2 aromatic rings. The van der Waals surface area contributed by atoms with E-state index < -0.39 is 0 Å². The van der Waals surface area contributed by atoms with Crippen molar-refractivity contribution in [1.82, 2.24) is 14.8 Å². The number of carbonyl (C=O) groups is 1. The highest BCUT2D eigenvalue weighted by Crippen LogP contribution is 2.26. The molecule has 152 valence electrons.